The fourth-order valence-electron chi connectivity index (χ4n) is 1.24. The van der Waals surface area contributed by atoms with Crippen molar-refractivity contribution < 1.29 is 22.7 Å². The molecule has 1 aromatic rings. The van der Waals surface area contributed by atoms with E-state index in [0.717, 1.165) is 6.20 Å². The number of rotatable bonds is 3. The van der Waals surface area contributed by atoms with Crippen LogP contribution < -0.4 is 0 Å². The Bertz CT molecular complexity index is 421. The minimum Gasteiger partial charge on any atom is -0.466 e. The minimum atomic E-state index is -4.65. The highest BCUT2D eigenvalue weighted by Crippen LogP contribution is 2.33. The second-order valence-electron chi connectivity index (χ2n) is 3.10. The van der Waals surface area contributed by atoms with E-state index in [-0.39, 0.29) is 17.2 Å². The topological polar surface area (TPSA) is 39.2 Å². The molecule has 7 heteroatoms. The molecule has 0 amide bonds. The summed E-state index contributed by atoms with van der Waals surface area (Å²) in [4.78, 5) is 14.4. The van der Waals surface area contributed by atoms with E-state index in [1.807, 2.05) is 0 Å². The number of carbonyl (C=O) groups excluding carboxylic acids is 1. The van der Waals surface area contributed by atoms with Gasteiger partial charge in [-0.25, -0.2) is 0 Å². The van der Waals surface area contributed by atoms with Crippen LogP contribution in [-0.4, -0.2) is 17.6 Å². The number of pyridine rings is 1. The van der Waals surface area contributed by atoms with E-state index >= 15 is 0 Å². The summed E-state index contributed by atoms with van der Waals surface area (Å²) in [6.45, 7) is 1.66. The van der Waals surface area contributed by atoms with Crippen molar-refractivity contribution in [2.75, 3.05) is 6.61 Å². The predicted molar refractivity (Wildman–Crippen MR) is 54.6 cm³/mol. The molecule has 0 radical (unpaired) electrons. The molecule has 0 aliphatic heterocycles. The first kappa shape index (κ1) is 13.8. The summed E-state index contributed by atoms with van der Waals surface area (Å²) >= 11 is 5.63. The van der Waals surface area contributed by atoms with Gasteiger partial charge >= 0.3 is 12.1 Å². The Hall–Kier alpha value is -1.30. The Morgan fingerprint density at radius 1 is 1.53 bits per heavy atom. The molecule has 0 spiro atoms. The molecule has 1 aromatic heterocycles. The Labute approximate surface area is 101 Å². The van der Waals surface area contributed by atoms with E-state index in [0.29, 0.717) is 0 Å². The van der Waals surface area contributed by atoms with Gasteiger partial charge in [0.15, 0.2) is 0 Å². The van der Waals surface area contributed by atoms with Crippen molar-refractivity contribution in [3.63, 3.8) is 0 Å². The molecule has 0 aliphatic rings. The molecule has 0 bridgehead atoms. The second-order valence-corrected chi connectivity index (χ2v) is 3.51. The first-order valence-electron chi connectivity index (χ1n) is 4.72. The SMILES string of the molecule is CCOC(=O)Cc1c(Cl)ccnc1C(F)(F)F. The standard InChI is InChI=1S/C10H9ClF3NO2/c1-2-17-8(16)5-6-7(11)3-4-15-9(6)10(12,13)14/h3-4H,2,5H2,1H3. The third-order valence-corrected chi connectivity index (χ3v) is 2.25. The fourth-order valence-corrected chi connectivity index (χ4v) is 1.45. The molecule has 0 saturated carbocycles. The van der Waals surface area contributed by atoms with Crippen molar-refractivity contribution in [1.29, 1.82) is 0 Å². The van der Waals surface area contributed by atoms with Crippen molar-refractivity contribution in [2.45, 2.75) is 19.5 Å². The third kappa shape index (κ3) is 3.59. The van der Waals surface area contributed by atoms with Gasteiger partial charge in [0.05, 0.1) is 13.0 Å². The van der Waals surface area contributed by atoms with Crippen LogP contribution in [0.1, 0.15) is 18.2 Å². The number of carbonyl (C=O) groups is 1. The van der Waals surface area contributed by atoms with Crippen LogP contribution in [0.15, 0.2) is 12.3 Å². The van der Waals surface area contributed by atoms with Gasteiger partial charge in [0.2, 0.25) is 0 Å². The Morgan fingerprint density at radius 2 is 2.18 bits per heavy atom. The number of nitrogens with zero attached hydrogens (tertiary/aromatic N) is 1. The Kier molecular flexibility index (Phi) is 4.34. The highest BCUT2D eigenvalue weighted by Gasteiger charge is 2.36. The van der Waals surface area contributed by atoms with Gasteiger partial charge in [0, 0.05) is 16.8 Å². The van der Waals surface area contributed by atoms with E-state index < -0.39 is 24.3 Å². The molecule has 0 atom stereocenters. The molecule has 1 rings (SSSR count). The Morgan fingerprint density at radius 3 is 2.71 bits per heavy atom. The third-order valence-electron chi connectivity index (χ3n) is 1.89. The van der Waals surface area contributed by atoms with Gasteiger partial charge in [-0.05, 0) is 13.0 Å². The quantitative estimate of drug-likeness (QED) is 0.791. The summed E-state index contributed by atoms with van der Waals surface area (Å²) in [6.07, 6.45) is -4.25. The van der Waals surface area contributed by atoms with Crippen LogP contribution in [0.2, 0.25) is 5.02 Å². The van der Waals surface area contributed by atoms with Crippen LogP contribution in [-0.2, 0) is 22.1 Å². The summed E-state index contributed by atoms with van der Waals surface area (Å²) < 4.78 is 42.3. The van der Waals surface area contributed by atoms with E-state index in [4.69, 9.17) is 11.6 Å². The Balaban J connectivity index is 3.09. The lowest BCUT2D eigenvalue weighted by Gasteiger charge is -2.12. The first-order valence-corrected chi connectivity index (χ1v) is 5.10. The molecule has 94 valence electrons. The van der Waals surface area contributed by atoms with Crippen molar-refractivity contribution in [3.8, 4) is 0 Å². The minimum absolute atomic E-state index is 0.0953. The van der Waals surface area contributed by atoms with Crippen LogP contribution in [0.4, 0.5) is 13.2 Å². The molecular weight excluding hydrogens is 259 g/mol. The number of halogens is 4. The zero-order valence-electron chi connectivity index (χ0n) is 8.84. The molecule has 0 N–H and O–H groups in total. The summed E-state index contributed by atoms with van der Waals surface area (Å²) in [5, 5.41) is -0.152. The summed E-state index contributed by atoms with van der Waals surface area (Å²) in [7, 11) is 0. The number of esters is 1. The van der Waals surface area contributed by atoms with Gasteiger partial charge in [-0.2, -0.15) is 13.2 Å². The lowest BCUT2D eigenvalue weighted by Crippen LogP contribution is -2.16. The summed E-state index contributed by atoms with van der Waals surface area (Å²) in [5.74, 6) is -0.770. The fraction of sp³-hybridized carbons (Fsp3) is 0.400. The highest BCUT2D eigenvalue weighted by molar-refractivity contribution is 6.31. The van der Waals surface area contributed by atoms with E-state index in [2.05, 4.69) is 9.72 Å². The zero-order chi connectivity index (χ0) is 13.1. The molecule has 0 unspecified atom stereocenters. The maximum Gasteiger partial charge on any atom is 0.433 e. The van der Waals surface area contributed by atoms with Gasteiger partial charge in [-0.15, -0.1) is 0 Å². The van der Waals surface area contributed by atoms with E-state index in [9.17, 15) is 18.0 Å². The number of alkyl halides is 3. The maximum absolute atomic E-state index is 12.6. The number of hydrogen-bond donors (Lipinski definition) is 0. The number of hydrogen-bond acceptors (Lipinski definition) is 3. The lowest BCUT2D eigenvalue weighted by molar-refractivity contribution is -0.144. The average molecular weight is 268 g/mol. The van der Waals surface area contributed by atoms with Crippen molar-refractivity contribution in [2.24, 2.45) is 0 Å². The van der Waals surface area contributed by atoms with Crippen molar-refractivity contribution >= 4 is 17.6 Å². The predicted octanol–water partition coefficient (Wildman–Crippen LogP) is 2.86. The van der Waals surface area contributed by atoms with Crippen LogP contribution in [0.3, 0.4) is 0 Å². The molecule has 0 fully saturated rings. The van der Waals surface area contributed by atoms with Gasteiger partial charge in [-0.3, -0.25) is 9.78 Å². The molecular formula is C10H9ClF3NO2. The van der Waals surface area contributed by atoms with Gasteiger partial charge in [-0.1, -0.05) is 11.6 Å². The van der Waals surface area contributed by atoms with E-state index in [1.165, 1.54) is 6.07 Å². The molecule has 1 heterocycles. The van der Waals surface area contributed by atoms with Crippen LogP contribution >= 0.6 is 11.6 Å². The van der Waals surface area contributed by atoms with E-state index in [1.54, 1.807) is 6.92 Å². The van der Waals surface area contributed by atoms with Gasteiger partial charge in [0.1, 0.15) is 5.69 Å². The molecule has 17 heavy (non-hydrogen) atoms. The normalized spacial score (nSPS) is 11.4. The number of ether oxygens (including phenoxy) is 1. The summed E-state index contributed by atoms with van der Waals surface area (Å²) in [5.41, 5.74) is -1.52. The second kappa shape index (κ2) is 5.35. The smallest absolute Gasteiger partial charge is 0.433 e. The van der Waals surface area contributed by atoms with Gasteiger partial charge < -0.3 is 4.74 Å². The van der Waals surface area contributed by atoms with Crippen LogP contribution in [0.25, 0.3) is 0 Å². The molecule has 0 aliphatic carbocycles. The first-order chi connectivity index (χ1) is 7.86. The average Bonchev–Trinajstić information content (AvgIpc) is 2.19. The monoisotopic (exact) mass is 267 g/mol. The van der Waals surface area contributed by atoms with Crippen molar-refractivity contribution in [1.82, 2.24) is 4.98 Å². The van der Waals surface area contributed by atoms with Crippen LogP contribution in [0.5, 0.6) is 0 Å². The molecule has 0 aromatic carbocycles. The van der Waals surface area contributed by atoms with Crippen LogP contribution in [0, 0.1) is 0 Å². The van der Waals surface area contributed by atoms with Crippen molar-refractivity contribution in [3.05, 3.63) is 28.5 Å². The largest absolute Gasteiger partial charge is 0.466 e. The highest BCUT2D eigenvalue weighted by atomic mass is 35.5. The number of aromatic nitrogens is 1. The lowest BCUT2D eigenvalue weighted by atomic mass is 10.1. The maximum atomic E-state index is 12.6. The van der Waals surface area contributed by atoms with Gasteiger partial charge in [0.25, 0.3) is 0 Å². The summed E-state index contributed by atoms with van der Waals surface area (Å²) in [6, 6.07) is 1.20. The molecule has 0 saturated heterocycles. The zero-order valence-corrected chi connectivity index (χ0v) is 9.60. The molecule has 3 nitrogen and oxygen atoms in total.